The third-order valence-electron chi connectivity index (χ3n) is 3.43. The van der Waals surface area contributed by atoms with Crippen LogP contribution >= 0.6 is 0 Å². The summed E-state index contributed by atoms with van der Waals surface area (Å²) in [5, 5.41) is 8.99. The van der Waals surface area contributed by atoms with E-state index in [4.69, 9.17) is 5.11 Å². The fourth-order valence-corrected chi connectivity index (χ4v) is 2.32. The lowest BCUT2D eigenvalue weighted by Crippen LogP contribution is -2.40. The summed E-state index contributed by atoms with van der Waals surface area (Å²) in [5.74, 6) is 0. The first-order chi connectivity index (χ1) is 9.61. The number of unbranched alkanes of at least 4 members (excludes halogenated alkanes) is 2. The minimum atomic E-state index is -0.449. The van der Waals surface area contributed by atoms with Gasteiger partial charge in [-0.15, -0.1) is 0 Å². The van der Waals surface area contributed by atoms with E-state index in [0.29, 0.717) is 17.7 Å². The highest BCUT2D eigenvalue weighted by Gasteiger charge is 2.15. The highest BCUT2D eigenvalue weighted by atomic mass is 16.3. The van der Waals surface area contributed by atoms with Crippen molar-refractivity contribution in [3.05, 3.63) is 27.2 Å². The summed E-state index contributed by atoms with van der Waals surface area (Å²) in [7, 11) is 1.58. The standard InChI is InChI=1S/C13H20N4O3/c1-3-4-5-6-16-9-14-11-10(16)12(19)17(7-8-18)13(20)15(11)2/h9,18H,3-8H2,1-2H3. The van der Waals surface area contributed by atoms with Crippen LogP contribution in [0.15, 0.2) is 15.9 Å². The van der Waals surface area contributed by atoms with Crippen molar-refractivity contribution in [2.75, 3.05) is 6.61 Å². The fraction of sp³-hybridized carbons (Fsp3) is 0.615. The van der Waals surface area contributed by atoms with Crippen molar-refractivity contribution in [1.82, 2.24) is 18.7 Å². The number of fused-ring (bicyclic) bond motifs is 1. The number of aliphatic hydroxyl groups is 1. The van der Waals surface area contributed by atoms with Crippen molar-refractivity contribution < 1.29 is 5.11 Å². The van der Waals surface area contributed by atoms with Gasteiger partial charge in [0.25, 0.3) is 5.56 Å². The molecule has 0 fully saturated rings. The molecule has 1 N–H and O–H groups in total. The number of hydrogen-bond donors (Lipinski definition) is 1. The van der Waals surface area contributed by atoms with Gasteiger partial charge in [0.05, 0.1) is 19.5 Å². The Hall–Kier alpha value is -1.89. The van der Waals surface area contributed by atoms with Gasteiger partial charge in [0.2, 0.25) is 0 Å². The third-order valence-corrected chi connectivity index (χ3v) is 3.43. The topological polar surface area (TPSA) is 82.1 Å². The Labute approximate surface area is 116 Å². The number of imidazole rings is 1. The van der Waals surface area contributed by atoms with Crippen LogP contribution < -0.4 is 11.2 Å². The molecule has 110 valence electrons. The van der Waals surface area contributed by atoms with E-state index >= 15 is 0 Å². The molecular weight excluding hydrogens is 260 g/mol. The molecular formula is C13H20N4O3. The van der Waals surface area contributed by atoms with Gasteiger partial charge in [-0.2, -0.15) is 0 Å². The quantitative estimate of drug-likeness (QED) is 0.760. The van der Waals surface area contributed by atoms with Crippen molar-refractivity contribution in [2.24, 2.45) is 7.05 Å². The first-order valence-corrected chi connectivity index (χ1v) is 6.87. The van der Waals surface area contributed by atoms with Gasteiger partial charge in [-0.3, -0.25) is 13.9 Å². The Kier molecular flexibility index (Phi) is 4.39. The number of hydrogen-bond acceptors (Lipinski definition) is 4. The second-order valence-corrected chi connectivity index (χ2v) is 4.84. The minimum Gasteiger partial charge on any atom is -0.395 e. The maximum atomic E-state index is 12.4. The highest BCUT2D eigenvalue weighted by molar-refractivity contribution is 5.69. The first kappa shape index (κ1) is 14.5. The van der Waals surface area contributed by atoms with E-state index in [0.717, 1.165) is 23.8 Å². The van der Waals surface area contributed by atoms with Crippen LogP contribution in [0.4, 0.5) is 0 Å². The van der Waals surface area contributed by atoms with E-state index in [2.05, 4.69) is 11.9 Å². The monoisotopic (exact) mass is 280 g/mol. The molecule has 0 bridgehead atoms. The molecule has 0 saturated carbocycles. The maximum absolute atomic E-state index is 12.4. The molecule has 0 aliphatic heterocycles. The van der Waals surface area contributed by atoms with Crippen LogP contribution in [0.5, 0.6) is 0 Å². The molecule has 0 saturated heterocycles. The average molecular weight is 280 g/mol. The van der Waals surface area contributed by atoms with Gasteiger partial charge in [-0.1, -0.05) is 19.8 Å². The Bertz CT molecular complexity index is 711. The van der Waals surface area contributed by atoms with Gasteiger partial charge >= 0.3 is 5.69 Å². The Morgan fingerprint density at radius 1 is 1.25 bits per heavy atom. The van der Waals surface area contributed by atoms with Gasteiger partial charge in [0.1, 0.15) is 0 Å². The molecule has 0 unspecified atom stereocenters. The van der Waals surface area contributed by atoms with E-state index in [9.17, 15) is 9.59 Å². The molecule has 0 aliphatic carbocycles. The Morgan fingerprint density at radius 2 is 2.00 bits per heavy atom. The Balaban J connectivity index is 2.59. The molecule has 2 aromatic heterocycles. The molecule has 2 rings (SSSR count). The largest absolute Gasteiger partial charge is 0.395 e. The lowest BCUT2D eigenvalue weighted by molar-refractivity contribution is 0.271. The molecule has 2 heterocycles. The molecule has 0 amide bonds. The van der Waals surface area contributed by atoms with Gasteiger partial charge < -0.3 is 9.67 Å². The SMILES string of the molecule is CCCCCn1cnc2c1c(=O)n(CCO)c(=O)n2C. The molecule has 7 nitrogen and oxygen atoms in total. The van der Waals surface area contributed by atoms with Crippen LogP contribution in [0.1, 0.15) is 26.2 Å². The van der Waals surface area contributed by atoms with Crippen LogP contribution in [-0.2, 0) is 20.1 Å². The van der Waals surface area contributed by atoms with Crippen molar-refractivity contribution in [3.63, 3.8) is 0 Å². The van der Waals surface area contributed by atoms with E-state index < -0.39 is 5.69 Å². The van der Waals surface area contributed by atoms with Gasteiger partial charge in [0, 0.05) is 13.6 Å². The summed E-state index contributed by atoms with van der Waals surface area (Å²) < 4.78 is 4.20. The average Bonchev–Trinajstić information content (AvgIpc) is 2.86. The van der Waals surface area contributed by atoms with E-state index in [1.807, 2.05) is 0 Å². The van der Waals surface area contributed by atoms with Gasteiger partial charge in [-0.05, 0) is 6.42 Å². The van der Waals surface area contributed by atoms with Gasteiger partial charge in [-0.25, -0.2) is 9.78 Å². The molecule has 0 atom stereocenters. The number of aryl methyl sites for hydroxylation is 2. The number of aliphatic hydroxyl groups excluding tert-OH is 1. The molecule has 0 aliphatic rings. The normalized spacial score (nSPS) is 11.3. The summed E-state index contributed by atoms with van der Waals surface area (Å²) in [5.41, 5.74) is -0.0103. The summed E-state index contributed by atoms with van der Waals surface area (Å²) in [6.45, 7) is 2.58. The molecule has 0 aromatic carbocycles. The van der Waals surface area contributed by atoms with Crippen molar-refractivity contribution in [3.8, 4) is 0 Å². The zero-order chi connectivity index (χ0) is 14.7. The lowest BCUT2D eigenvalue weighted by atomic mass is 10.2. The molecule has 20 heavy (non-hydrogen) atoms. The maximum Gasteiger partial charge on any atom is 0.332 e. The van der Waals surface area contributed by atoms with E-state index in [1.54, 1.807) is 17.9 Å². The minimum absolute atomic E-state index is 0.00157. The lowest BCUT2D eigenvalue weighted by Gasteiger charge is -2.08. The van der Waals surface area contributed by atoms with E-state index in [-0.39, 0.29) is 18.7 Å². The molecule has 7 heteroatoms. The summed E-state index contributed by atoms with van der Waals surface area (Å²) in [6.07, 6.45) is 4.74. The number of rotatable bonds is 6. The number of aromatic nitrogens is 4. The van der Waals surface area contributed by atoms with Gasteiger partial charge in [0.15, 0.2) is 11.2 Å². The predicted molar refractivity (Wildman–Crippen MR) is 75.8 cm³/mol. The van der Waals surface area contributed by atoms with Crippen LogP contribution in [0, 0.1) is 0 Å². The van der Waals surface area contributed by atoms with Crippen molar-refractivity contribution >= 4 is 11.2 Å². The molecule has 0 radical (unpaired) electrons. The van der Waals surface area contributed by atoms with E-state index in [1.165, 1.54) is 4.57 Å². The number of nitrogens with zero attached hydrogens (tertiary/aromatic N) is 4. The highest BCUT2D eigenvalue weighted by Crippen LogP contribution is 2.07. The van der Waals surface area contributed by atoms with Crippen molar-refractivity contribution in [2.45, 2.75) is 39.3 Å². The summed E-state index contributed by atoms with van der Waals surface area (Å²) >= 11 is 0. The van der Waals surface area contributed by atoms with Crippen LogP contribution in [0.2, 0.25) is 0 Å². The smallest absolute Gasteiger partial charge is 0.332 e. The summed E-state index contributed by atoms with van der Waals surface area (Å²) in [4.78, 5) is 28.6. The molecule has 2 aromatic rings. The van der Waals surface area contributed by atoms with Crippen molar-refractivity contribution in [1.29, 1.82) is 0 Å². The second kappa shape index (κ2) is 6.04. The Morgan fingerprint density at radius 3 is 2.65 bits per heavy atom. The summed E-state index contributed by atoms with van der Waals surface area (Å²) in [6, 6.07) is 0. The van der Waals surface area contributed by atoms with Crippen LogP contribution in [0.25, 0.3) is 11.2 Å². The predicted octanol–water partition coefficient (Wildman–Crippen LogP) is 0.0792. The van der Waals surface area contributed by atoms with Crippen LogP contribution in [-0.4, -0.2) is 30.4 Å². The zero-order valence-corrected chi connectivity index (χ0v) is 11.9. The van der Waals surface area contributed by atoms with Crippen LogP contribution in [0.3, 0.4) is 0 Å². The second-order valence-electron chi connectivity index (χ2n) is 4.84. The molecule has 0 spiro atoms. The zero-order valence-electron chi connectivity index (χ0n) is 11.9. The first-order valence-electron chi connectivity index (χ1n) is 6.87. The third kappa shape index (κ3) is 2.40. The fourth-order valence-electron chi connectivity index (χ4n) is 2.32.